The molecule has 0 saturated carbocycles. The van der Waals surface area contributed by atoms with Crippen molar-refractivity contribution in [2.24, 2.45) is 0 Å². The van der Waals surface area contributed by atoms with Gasteiger partial charge in [-0.15, -0.1) is 0 Å². The third-order valence-corrected chi connectivity index (χ3v) is 4.40. The Morgan fingerprint density at radius 1 is 1.55 bits per heavy atom. The number of rotatable bonds is 2. The Labute approximate surface area is 116 Å². The molecule has 2 N–H and O–H groups in total. The maximum absolute atomic E-state index is 12.1. The van der Waals surface area contributed by atoms with Gasteiger partial charge < -0.3 is 14.9 Å². The van der Waals surface area contributed by atoms with Crippen LogP contribution in [0.1, 0.15) is 10.5 Å². The zero-order valence-corrected chi connectivity index (χ0v) is 11.5. The molecule has 0 aliphatic carbocycles. The van der Waals surface area contributed by atoms with E-state index in [2.05, 4.69) is 15.3 Å². The number of pyridine rings is 1. The van der Waals surface area contributed by atoms with Crippen LogP contribution in [0.3, 0.4) is 0 Å². The van der Waals surface area contributed by atoms with E-state index >= 15 is 0 Å². The summed E-state index contributed by atoms with van der Waals surface area (Å²) in [4.78, 5) is 30.3. The number of hydrogen-bond donors (Lipinski definition) is 2. The van der Waals surface area contributed by atoms with Crippen LogP contribution in [0.5, 0.6) is 0 Å². The van der Waals surface area contributed by atoms with Gasteiger partial charge in [0.1, 0.15) is 11.4 Å². The van der Waals surface area contributed by atoms with Crippen LogP contribution in [-0.2, 0) is 17.3 Å². The van der Waals surface area contributed by atoms with Crippen molar-refractivity contribution in [3.8, 4) is 11.3 Å². The third-order valence-electron chi connectivity index (χ3n) is 3.13. The Bertz CT molecular complexity index is 777. The highest BCUT2D eigenvalue weighted by atomic mass is 32.2. The molecule has 20 heavy (non-hydrogen) atoms. The van der Waals surface area contributed by atoms with Crippen LogP contribution in [0.2, 0.25) is 0 Å². The number of nitrogens with zero attached hydrogens (tertiary/aromatic N) is 2. The molecule has 0 aromatic carbocycles. The first kappa shape index (κ1) is 12.8. The molecule has 0 radical (unpaired) electrons. The first-order valence-electron chi connectivity index (χ1n) is 6.02. The minimum atomic E-state index is -1.20. The molecule has 104 valence electrons. The molecule has 3 heterocycles. The van der Waals surface area contributed by atoms with Crippen LogP contribution in [0.25, 0.3) is 11.3 Å². The first-order valence-corrected chi connectivity index (χ1v) is 7.34. The van der Waals surface area contributed by atoms with Gasteiger partial charge in [-0.25, -0.2) is 4.98 Å². The van der Waals surface area contributed by atoms with Crippen LogP contribution < -0.4 is 10.9 Å². The molecule has 3 rings (SSSR count). The fourth-order valence-electron chi connectivity index (χ4n) is 2.22. The number of aromatic nitrogens is 3. The standard InChI is InChI=1S/C12H12N4O3S/c1-13-11(18)10-9(7-2-3-14-8(17)6-7)15-12-16(10)4-5-20(12)19/h2-3,6H,4-5H2,1H3,(H,13,18)(H,14,17). The second-order valence-electron chi connectivity index (χ2n) is 4.31. The average molecular weight is 292 g/mol. The Kier molecular flexibility index (Phi) is 3.01. The number of carbonyl (C=O) groups excluding carboxylic acids is 1. The molecule has 8 heteroatoms. The number of H-pyrrole nitrogens is 1. The number of carbonyl (C=O) groups is 1. The van der Waals surface area contributed by atoms with E-state index in [9.17, 15) is 13.8 Å². The molecule has 7 nitrogen and oxygen atoms in total. The Balaban J connectivity index is 2.26. The van der Waals surface area contributed by atoms with Crippen LogP contribution in [0.15, 0.2) is 28.3 Å². The highest BCUT2D eigenvalue weighted by Gasteiger charge is 2.30. The third kappa shape index (κ3) is 1.88. The number of amides is 1. The van der Waals surface area contributed by atoms with Crippen molar-refractivity contribution in [2.75, 3.05) is 12.8 Å². The molecular weight excluding hydrogens is 280 g/mol. The number of fused-ring (bicyclic) bond motifs is 1. The van der Waals surface area contributed by atoms with E-state index in [4.69, 9.17) is 0 Å². The van der Waals surface area contributed by atoms with Gasteiger partial charge in [0.05, 0.1) is 10.8 Å². The van der Waals surface area contributed by atoms with Crippen molar-refractivity contribution in [1.82, 2.24) is 19.9 Å². The summed E-state index contributed by atoms with van der Waals surface area (Å²) in [5.74, 6) is 0.153. The fraction of sp³-hybridized carbons (Fsp3) is 0.250. The van der Waals surface area contributed by atoms with Crippen LogP contribution in [0.4, 0.5) is 0 Å². The van der Waals surface area contributed by atoms with Gasteiger partial charge in [0.15, 0.2) is 5.16 Å². The van der Waals surface area contributed by atoms with E-state index in [1.807, 2.05) is 0 Å². The summed E-state index contributed by atoms with van der Waals surface area (Å²) >= 11 is 0. The van der Waals surface area contributed by atoms with E-state index in [1.165, 1.54) is 19.3 Å². The fourth-order valence-corrected chi connectivity index (χ4v) is 3.37. The summed E-state index contributed by atoms with van der Waals surface area (Å²) in [6, 6.07) is 3.03. The minimum absolute atomic E-state index is 0.278. The van der Waals surface area contributed by atoms with Gasteiger partial charge in [0, 0.05) is 37.2 Å². The van der Waals surface area contributed by atoms with Gasteiger partial charge in [0.25, 0.3) is 5.91 Å². The SMILES string of the molecule is CNC(=O)c1c(-c2cc[nH]c(=O)c2)nc2n1CCS2=O. The smallest absolute Gasteiger partial charge is 0.270 e. The average Bonchev–Trinajstić information content (AvgIpc) is 2.98. The molecule has 1 aliphatic rings. The molecule has 0 bridgehead atoms. The Morgan fingerprint density at radius 2 is 2.35 bits per heavy atom. The Hall–Kier alpha value is -2.22. The van der Waals surface area contributed by atoms with Gasteiger partial charge in [0.2, 0.25) is 5.56 Å². The molecule has 0 spiro atoms. The maximum Gasteiger partial charge on any atom is 0.270 e. The molecule has 1 aliphatic heterocycles. The van der Waals surface area contributed by atoms with Crippen molar-refractivity contribution in [3.05, 3.63) is 34.4 Å². The number of imidazole rings is 1. The van der Waals surface area contributed by atoms with Crippen molar-refractivity contribution < 1.29 is 9.00 Å². The van der Waals surface area contributed by atoms with Crippen molar-refractivity contribution in [2.45, 2.75) is 11.7 Å². The lowest BCUT2D eigenvalue weighted by molar-refractivity contribution is 0.0954. The van der Waals surface area contributed by atoms with Crippen molar-refractivity contribution in [3.63, 3.8) is 0 Å². The first-order chi connectivity index (χ1) is 9.61. The zero-order valence-electron chi connectivity index (χ0n) is 10.7. The van der Waals surface area contributed by atoms with Gasteiger partial charge >= 0.3 is 0 Å². The molecule has 1 amide bonds. The lowest BCUT2D eigenvalue weighted by atomic mass is 10.1. The van der Waals surface area contributed by atoms with Gasteiger partial charge in [-0.1, -0.05) is 0 Å². The van der Waals surface area contributed by atoms with Crippen molar-refractivity contribution in [1.29, 1.82) is 0 Å². The summed E-state index contributed by atoms with van der Waals surface area (Å²) in [5, 5.41) is 2.94. The predicted octanol–water partition coefficient (Wildman–Crippen LogP) is -0.281. The summed E-state index contributed by atoms with van der Waals surface area (Å²) in [5.41, 5.74) is 0.989. The molecule has 0 fully saturated rings. The van der Waals surface area contributed by atoms with Gasteiger partial charge in [-0.3, -0.25) is 13.8 Å². The van der Waals surface area contributed by atoms with Crippen LogP contribution in [0, 0.1) is 0 Å². The minimum Gasteiger partial charge on any atom is -0.354 e. The van der Waals surface area contributed by atoms with E-state index in [1.54, 1.807) is 10.6 Å². The highest BCUT2D eigenvalue weighted by molar-refractivity contribution is 7.85. The molecule has 2 aromatic heterocycles. The second kappa shape index (κ2) is 4.71. The predicted molar refractivity (Wildman–Crippen MR) is 72.9 cm³/mol. The molecule has 1 atom stereocenters. The second-order valence-corrected chi connectivity index (χ2v) is 5.78. The topological polar surface area (TPSA) is 96.8 Å². The largest absolute Gasteiger partial charge is 0.354 e. The lowest BCUT2D eigenvalue weighted by Gasteiger charge is -2.05. The lowest BCUT2D eigenvalue weighted by Crippen LogP contribution is -2.22. The van der Waals surface area contributed by atoms with Crippen molar-refractivity contribution >= 4 is 16.7 Å². The van der Waals surface area contributed by atoms with Crippen LogP contribution >= 0.6 is 0 Å². The highest BCUT2D eigenvalue weighted by Crippen LogP contribution is 2.27. The van der Waals surface area contributed by atoms with E-state index in [0.717, 1.165) is 0 Å². The summed E-state index contributed by atoms with van der Waals surface area (Å²) in [7, 11) is 0.325. The molecule has 0 saturated heterocycles. The normalized spacial score (nSPS) is 16.9. The molecule has 2 aromatic rings. The monoisotopic (exact) mass is 292 g/mol. The van der Waals surface area contributed by atoms with E-state index in [-0.39, 0.29) is 11.5 Å². The Morgan fingerprint density at radius 3 is 3.05 bits per heavy atom. The number of nitrogens with one attached hydrogen (secondary N) is 2. The quantitative estimate of drug-likeness (QED) is 0.795. The van der Waals surface area contributed by atoms with E-state index in [0.29, 0.717) is 34.4 Å². The molecule has 1 unspecified atom stereocenters. The van der Waals surface area contributed by atoms with E-state index < -0.39 is 10.8 Å². The molecular formula is C12H12N4O3S. The van der Waals surface area contributed by atoms with Gasteiger partial charge in [-0.2, -0.15) is 0 Å². The summed E-state index contributed by atoms with van der Waals surface area (Å²) < 4.78 is 13.5. The number of aromatic amines is 1. The maximum atomic E-state index is 12.1. The summed E-state index contributed by atoms with van der Waals surface area (Å²) in [6.45, 7) is 0.487. The van der Waals surface area contributed by atoms with Crippen LogP contribution in [-0.4, -0.2) is 37.5 Å². The zero-order chi connectivity index (χ0) is 14.3. The van der Waals surface area contributed by atoms with Gasteiger partial charge in [-0.05, 0) is 6.07 Å². The number of hydrogen-bond acceptors (Lipinski definition) is 4. The summed E-state index contributed by atoms with van der Waals surface area (Å²) in [6.07, 6.45) is 1.49.